The summed E-state index contributed by atoms with van der Waals surface area (Å²) in [4.78, 5) is 10.4. The highest BCUT2D eigenvalue weighted by Gasteiger charge is 2.38. The van der Waals surface area contributed by atoms with Crippen LogP contribution >= 0.6 is 0 Å². The Morgan fingerprint density at radius 1 is 1.44 bits per heavy atom. The normalized spacial score (nSPS) is 13.5. The molecule has 8 heteroatoms. The van der Waals surface area contributed by atoms with Gasteiger partial charge < -0.3 is 10.1 Å². The van der Waals surface area contributed by atoms with Crippen molar-refractivity contribution in [3.05, 3.63) is 6.20 Å². The maximum atomic E-state index is 12.5. The van der Waals surface area contributed by atoms with Gasteiger partial charge in [-0.2, -0.15) is 13.2 Å². The second-order valence-electron chi connectivity index (χ2n) is 3.97. The molecule has 0 fully saturated rings. The van der Waals surface area contributed by atoms with E-state index in [9.17, 15) is 18.0 Å². The Morgan fingerprint density at radius 3 is 2.50 bits per heavy atom. The number of alkyl halides is 3. The summed E-state index contributed by atoms with van der Waals surface area (Å²) in [6.45, 7) is 4.38. The summed E-state index contributed by atoms with van der Waals surface area (Å²) in [5.74, 6) is -0.0341. The predicted octanol–water partition coefficient (Wildman–Crippen LogP) is 2.36. The molecule has 1 amide bonds. The standard InChI is InChI=1S/C10H14F3N3O2/c1-6(2)18-9-8(14-5-17)4-16(15-9)7(3)10(11,12)13/h4-7H,1-3H3,(H,14,17)/t7-/m1/s1. The molecule has 0 aliphatic rings. The molecule has 0 radical (unpaired) electrons. The van der Waals surface area contributed by atoms with Gasteiger partial charge in [0.05, 0.1) is 12.3 Å². The predicted molar refractivity (Wildman–Crippen MR) is 58.4 cm³/mol. The van der Waals surface area contributed by atoms with Crippen molar-refractivity contribution >= 4 is 12.1 Å². The lowest BCUT2D eigenvalue weighted by molar-refractivity contribution is -0.165. The molecular weight excluding hydrogens is 251 g/mol. The van der Waals surface area contributed by atoms with Crippen molar-refractivity contribution in [1.82, 2.24) is 9.78 Å². The van der Waals surface area contributed by atoms with E-state index in [0.29, 0.717) is 11.1 Å². The molecule has 0 aliphatic heterocycles. The van der Waals surface area contributed by atoms with Crippen LogP contribution in [-0.4, -0.2) is 28.5 Å². The maximum absolute atomic E-state index is 12.5. The number of aromatic nitrogens is 2. The maximum Gasteiger partial charge on any atom is 0.410 e. The Morgan fingerprint density at radius 2 is 2.06 bits per heavy atom. The Bertz CT molecular complexity index is 415. The summed E-state index contributed by atoms with van der Waals surface area (Å²) in [6, 6.07) is -1.80. The van der Waals surface area contributed by atoms with Gasteiger partial charge in [0.15, 0.2) is 0 Å². The fourth-order valence-electron chi connectivity index (χ4n) is 1.20. The molecule has 1 N–H and O–H groups in total. The molecule has 0 saturated carbocycles. The zero-order chi connectivity index (χ0) is 13.9. The molecule has 1 aromatic heterocycles. The lowest BCUT2D eigenvalue weighted by Crippen LogP contribution is -2.24. The van der Waals surface area contributed by atoms with Crippen molar-refractivity contribution in [2.45, 2.75) is 39.1 Å². The van der Waals surface area contributed by atoms with Crippen molar-refractivity contribution in [3.63, 3.8) is 0 Å². The molecular formula is C10H14F3N3O2. The minimum atomic E-state index is -4.42. The first-order valence-electron chi connectivity index (χ1n) is 5.28. The topological polar surface area (TPSA) is 56.1 Å². The minimum absolute atomic E-state index is 0.0341. The number of carbonyl (C=O) groups excluding carboxylic acids is 1. The molecule has 0 bridgehead atoms. The van der Waals surface area contributed by atoms with Crippen LogP contribution in [0.5, 0.6) is 5.88 Å². The van der Waals surface area contributed by atoms with E-state index in [1.807, 2.05) is 0 Å². The van der Waals surface area contributed by atoms with Crippen LogP contribution in [-0.2, 0) is 4.79 Å². The number of rotatable bonds is 5. The highest BCUT2D eigenvalue weighted by atomic mass is 19.4. The highest BCUT2D eigenvalue weighted by molar-refractivity contribution is 5.73. The highest BCUT2D eigenvalue weighted by Crippen LogP contribution is 2.33. The smallest absolute Gasteiger partial charge is 0.410 e. The lowest BCUT2D eigenvalue weighted by atomic mass is 10.3. The van der Waals surface area contributed by atoms with Gasteiger partial charge in [0.2, 0.25) is 6.41 Å². The van der Waals surface area contributed by atoms with Gasteiger partial charge >= 0.3 is 6.18 Å². The molecule has 1 atom stereocenters. The summed E-state index contributed by atoms with van der Waals surface area (Å²) >= 11 is 0. The molecule has 18 heavy (non-hydrogen) atoms. The van der Waals surface area contributed by atoms with Crippen molar-refractivity contribution in [3.8, 4) is 5.88 Å². The number of hydrogen-bond acceptors (Lipinski definition) is 3. The summed E-state index contributed by atoms with van der Waals surface area (Å²) < 4.78 is 43.5. The van der Waals surface area contributed by atoms with Crippen LogP contribution in [0.15, 0.2) is 6.20 Å². The van der Waals surface area contributed by atoms with Gasteiger partial charge in [-0.3, -0.25) is 9.48 Å². The SMILES string of the molecule is CC(C)Oc1nn([C@H](C)C(F)(F)F)cc1NC=O. The Balaban J connectivity index is 3.05. The molecule has 102 valence electrons. The van der Waals surface area contributed by atoms with E-state index >= 15 is 0 Å². The molecule has 0 unspecified atom stereocenters. The third-order valence-electron chi connectivity index (χ3n) is 2.13. The molecule has 1 heterocycles. The second kappa shape index (κ2) is 5.28. The van der Waals surface area contributed by atoms with Crippen molar-refractivity contribution < 1.29 is 22.7 Å². The average molecular weight is 265 g/mol. The Labute approximate surface area is 102 Å². The summed E-state index contributed by atoms with van der Waals surface area (Å²) in [6.07, 6.45) is -3.24. The zero-order valence-corrected chi connectivity index (χ0v) is 10.2. The second-order valence-corrected chi connectivity index (χ2v) is 3.97. The van der Waals surface area contributed by atoms with E-state index in [-0.39, 0.29) is 17.7 Å². The van der Waals surface area contributed by atoms with E-state index in [1.165, 1.54) is 0 Å². The van der Waals surface area contributed by atoms with E-state index < -0.39 is 12.2 Å². The van der Waals surface area contributed by atoms with Crippen molar-refractivity contribution in [2.75, 3.05) is 5.32 Å². The van der Waals surface area contributed by atoms with Gasteiger partial charge in [-0.15, -0.1) is 5.10 Å². The molecule has 0 aromatic carbocycles. The van der Waals surface area contributed by atoms with E-state index in [4.69, 9.17) is 4.74 Å². The fourth-order valence-corrected chi connectivity index (χ4v) is 1.20. The zero-order valence-electron chi connectivity index (χ0n) is 10.2. The molecule has 1 rings (SSSR count). The van der Waals surface area contributed by atoms with Crippen LogP contribution in [0.3, 0.4) is 0 Å². The third kappa shape index (κ3) is 3.38. The van der Waals surface area contributed by atoms with Crippen molar-refractivity contribution in [2.24, 2.45) is 0 Å². The third-order valence-corrected chi connectivity index (χ3v) is 2.13. The van der Waals surface area contributed by atoms with Crippen LogP contribution in [0, 0.1) is 0 Å². The number of nitrogens with zero attached hydrogens (tertiary/aromatic N) is 2. The van der Waals surface area contributed by atoms with Crippen LogP contribution in [0.1, 0.15) is 26.8 Å². The van der Waals surface area contributed by atoms with Crippen molar-refractivity contribution in [1.29, 1.82) is 0 Å². The van der Waals surface area contributed by atoms with Gasteiger partial charge in [-0.1, -0.05) is 0 Å². The van der Waals surface area contributed by atoms with Crippen LogP contribution in [0.2, 0.25) is 0 Å². The fraction of sp³-hybridized carbons (Fsp3) is 0.600. The Hall–Kier alpha value is -1.73. The van der Waals surface area contributed by atoms with Crippen LogP contribution in [0.4, 0.5) is 18.9 Å². The number of halogens is 3. The lowest BCUT2D eigenvalue weighted by Gasteiger charge is -2.15. The summed E-state index contributed by atoms with van der Waals surface area (Å²) in [5.41, 5.74) is 0.106. The first-order valence-corrected chi connectivity index (χ1v) is 5.28. The summed E-state index contributed by atoms with van der Waals surface area (Å²) in [5, 5.41) is 5.94. The molecule has 1 aromatic rings. The number of carbonyl (C=O) groups is 1. The van der Waals surface area contributed by atoms with E-state index in [2.05, 4.69) is 10.4 Å². The first-order chi connectivity index (χ1) is 8.25. The molecule has 0 spiro atoms. The van der Waals surface area contributed by atoms with Gasteiger partial charge in [0, 0.05) is 0 Å². The molecule has 0 saturated heterocycles. The van der Waals surface area contributed by atoms with Gasteiger partial charge in [0.25, 0.3) is 5.88 Å². The number of anilines is 1. The minimum Gasteiger partial charge on any atom is -0.472 e. The molecule has 0 aliphatic carbocycles. The molecule has 5 nitrogen and oxygen atoms in total. The van der Waals surface area contributed by atoms with Gasteiger partial charge in [-0.25, -0.2) is 0 Å². The van der Waals surface area contributed by atoms with Gasteiger partial charge in [0.1, 0.15) is 11.7 Å². The number of ether oxygens (including phenoxy) is 1. The van der Waals surface area contributed by atoms with Gasteiger partial charge in [-0.05, 0) is 20.8 Å². The summed E-state index contributed by atoms with van der Waals surface area (Å²) in [7, 11) is 0. The van der Waals surface area contributed by atoms with Crippen LogP contribution in [0.25, 0.3) is 0 Å². The Kier molecular flexibility index (Phi) is 4.20. The quantitative estimate of drug-likeness (QED) is 0.831. The average Bonchev–Trinajstić information content (AvgIpc) is 2.59. The van der Waals surface area contributed by atoms with E-state index in [1.54, 1.807) is 13.8 Å². The van der Waals surface area contributed by atoms with Crippen LogP contribution < -0.4 is 10.1 Å². The van der Waals surface area contributed by atoms with E-state index in [0.717, 1.165) is 13.1 Å². The number of nitrogens with one attached hydrogen (secondary N) is 1. The number of hydrogen-bond donors (Lipinski definition) is 1. The number of amides is 1. The first kappa shape index (κ1) is 14.3. The monoisotopic (exact) mass is 265 g/mol. The largest absolute Gasteiger partial charge is 0.472 e.